The van der Waals surface area contributed by atoms with Crippen molar-refractivity contribution in [2.75, 3.05) is 12.8 Å². The molecule has 0 aliphatic heterocycles. The Kier molecular flexibility index (Phi) is 3.38. The van der Waals surface area contributed by atoms with Crippen molar-refractivity contribution in [3.8, 4) is 5.75 Å². The van der Waals surface area contributed by atoms with Gasteiger partial charge in [0.25, 0.3) is 0 Å². The van der Waals surface area contributed by atoms with Crippen LogP contribution in [-0.2, 0) is 6.54 Å². The van der Waals surface area contributed by atoms with E-state index in [1.807, 2.05) is 29.7 Å². The number of hydrogen-bond donors (Lipinski definition) is 1. The smallest absolute Gasteiger partial charge is 0.200 e. The van der Waals surface area contributed by atoms with Gasteiger partial charge in [-0.2, -0.15) is 0 Å². The standard InChI is InChI=1S/C12H14BrN3O/c1-8-6-15-12(14)16(8)7-9-5-10(13)3-4-11(9)17-2/h3-6H,7H2,1-2H3,(H2,14,15). The van der Waals surface area contributed by atoms with Crippen molar-refractivity contribution in [2.45, 2.75) is 13.5 Å². The molecule has 0 saturated carbocycles. The molecule has 0 radical (unpaired) electrons. The number of imidazole rings is 1. The highest BCUT2D eigenvalue weighted by molar-refractivity contribution is 9.10. The maximum Gasteiger partial charge on any atom is 0.200 e. The lowest BCUT2D eigenvalue weighted by Gasteiger charge is -2.12. The minimum absolute atomic E-state index is 0.518. The molecule has 1 heterocycles. The maximum atomic E-state index is 5.82. The Morgan fingerprint density at radius 2 is 2.24 bits per heavy atom. The first kappa shape index (κ1) is 12.0. The lowest BCUT2D eigenvalue weighted by atomic mass is 10.2. The van der Waals surface area contributed by atoms with Crippen LogP contribution in [-0.4, -0.2) is 16.7 Å². The SMILES string of the molecule is COc1ccc(Br)cc1Cn1c(C)cnc1N. The van der Waals surface area contributed by atoms with Gasteiger partial charge < -0.3 is 15.0 Å². The lowest BCUT2D eigenvalue weighted by molar-refractivity contribution is 0.408. The van der Waals surface area contributed by atoms with E-state index in [4.69, 9.17) is 10.5 Å². The van der Waals surface area contributed by atoms with E-state index in [2.05, 4.69) is 20.9 Å². The fraction of sp³-hybridized carbons (Fsp3) is 0.250. The first-order chi connectivity index (χ1) is 8.11. The Morgan fingerprint density at radius 1 is 1.47 bits per heavy atom. The van der Waals surface area contributed by atoms with Crippen LogP contribution in [0.3, 0.4) is 0 Å². The second-order valence-corrected chi connectivity index (χ2v) is 4.72. The maximum absolute atomic E-state index is 5.82. The van der Waals surface area contributed by atoms with Crippen molar-refractivity contribution in [3.63, 3.8) is 0 Å². The summed E-state index contributed by atoms with van der Waals surface area (Å²) < 4.78 is 8.30. The van der Waals surface area contributed by atoms with Crippen molar-refractivity contribution in [1.82, 2.24) is 9.55 Å². The third kappa shape index (κ3) is 2.44. The van der Waals surface area contributed by atoms with Crippen molar-refractivity contribution in [2.24, 2.45) is 0 Å². The number of nitrogens with two attached hydrogens (primary N) is 1. The van der Waals surface area contributed by atoms with E-state index in [0.717, 1.165) is 21.5 Å². The number of benzene rings is 1. The Hall–Kier alpha value is -1.49. The average Bonchev–Trinajstić information content (AvgIpc) is 2.61. The zero-order chi connectivity index (χ0) is 12.4. The van der Waals surface area contributed by atoms with E-state index < -0.39 is 0 Å². The van der Waals surface area contributed by atoms with Crippen LogP contribution in [0.2, 0.25) is 0 Å². The van der Waals surface area contributed by atoms with Crippen molar-refractivity contribution in [3.05, 3.63) is 40.1 Å². The molecular weight excluding hydrogens is 282 g/mol. The number of nitrogen functional groups attached to an aromatic ring is 1. The first-order valence-electron chi connectivity index (χ1n) is 5.22. The topological polar surface area (TPSA) is 53.1 Å². The van der Waals surface area contributed by atoms with Crippen LogP contribution in [0, 0.1) is 6.92 Å². The van der Waals surface area contributed by atoms with Crippen molar-refractivity contribution in [1.29, 1.82) is 0 Å². The van der Waals surface area contributed by atoms with Crippen LogP contribution >= 0.6 is 15.9 Å². The zero-order valence-corrected chi connectivity index (χ0v) is 11.4. The van der Waals surface area contributed by atoms with Crippen molar-refractivity contribution >= 4 is 21.9 Å². The summed E-state index contributed by atoms with van der Waals surface area (Å²) in [5, 5.41) is 0. The van der Waals surface area contributed by atoms with Gasteiger partial charge >= 0.3 is 0 Å². The Morgan fingerprint density at radius 3 is 2.82 bits per heavy atom. The number of halogens is 1. The van der Waals surface area contributed by atoms with Crippen LogP contribution < -0.4 is 10.5 Å². The van der Waals surface area contributed by atoms with Gasteiger partial charge in [0, 0.05) is 15.7 Å². The molecule has 1 aromatic heterocycles. The molecule has 0 aliphatic carbocycles. The van der Waals surface area contributed by atoms with Gasteiger partial charge in [-0.1, -0.05) is 15.9 Å². The molecule has 0 unspecified atom stereocenters. The number of aromatic nitrogens is 2. The number of methoxy groups -OCH3 is 1. The van der Waals surface area contributed by atoms with Gasteiger partial charge in [-0.05, 0) is 25.1 Å². The van der Waals surface area contributed by atoms with Gasteiger partial charge in [0.1, 0.15) is 5.75 Å². The minimum Gasteiger partial charge on any atom is -0.496 e. The summed E-state index contributed by atoms with van der Waals surface area (Å²) in [6.07, 6.45) is 1.76. The summed E-state index contributed by atoms with van der Waals surface area (Å²) in [5.74, 6) is 1.37. The number of nitrogens with zero attached hydrogens (tertiary/aromatic N) is 2. The molecule has 1 aromatic carbocycles. The fourth-order valence-electron chi connectivity index (χ4n) is 1.73. The number of ether oxygens (including phenoxy) is 1. The van der Waals surface area contributed by atoms with Crippen molar-refractivity contribution < 1.29 is 4.74 Å². The van der Waals surface area contributed by atoms with Crippen LogP contribution in [0.15, 0.2) is 28.9 Å². The summed E-state index contributed by atoms with van der Waals surface area (Å²) >= 11 is 3.45. The van der Waals surface area contributed by atoms with Crippen LogP contribution in [0.5, 0.6) is 5.75 Å². The fourth-order valence-corrected chi connectivity index (χ4v) is 2.13. The first-order valence-corrected chi connectivity index (χ1v) is 6.01. The van der Waals surface area contributed by atoms with Gasteiger partial charge in [0.2, 0.25) is 5.95 Å². The average molecular weight is 296 g/mol. The van der Waals surface area contributed by atoms with Gasteiger partial charge in [-0.15, -0.1) is 0 Å². The monoisotopic (exact) mass is 295 g/mol. The molecular formula is C12H14BrN3O. The highest BCUT2D eigenvalue weighted by Crippen LogP contribution is 2.24. The van der Waals surface area contributed by atoms with E-state index in [9.17, 15) is 0 Å². The quantitative estimate of drug-likeness (QED) is 0.947. The minimum atomic E-state index is 0.518. The van der Waals surface area contributed by atoms with E-state index in [1.54, 1.807) is 13.3 Å². The second kappa shape index (κ2) is 4.79. The Bertz CT molecular complexity index is 517. The summed E-state index contributed by atoms with van der Waals surface area (Å²) in [7, 11) is 1.66. The molecule has 2 rings (SSSR count). The molecule has 0 amide bonds. The third-order valence-corrected chi connectivity index (χ3v) is 3.15. The van der Waals surface area contributed by atoms with Gasteiger partial charge in [-0.25, -0.2) is 4.98 Å². The molecule has 90 valence electrons. The molecule has 4 nitrogen and oxygen atoms in total. The van der Waals surface area contributed by atoms with Crippen LogP contribution in [0.4, 0.5) is 5.95 Å². The predicted molar refractivity (Wildman–Crippen MR) is 71.2 cm³/mol. The summed E-state index contributed by atoms with van der Waals surface area (Å²) in [6.45, 7) is 2.63. The van der Waals surface area contributed by atoms with Gasteiger partial charge in [0.05, 0.1) is 19.9 Å². The zero-order valence-electron chi connectivity index (χ0n) is 9.77. The molecule has 0 aliphatic rings. The van der Waals surface area contributed by atoms with E-state index in [1.165, 1.54) is 0 Å². The van der Waals surface area contributed by atoms with E-state index in [-0.39, 0.29) is 0 Å². The van der Waals surface area contributed by atoms with Crippen LogP contribution in [0.1, 0.15) is 11.3 Å². The molecule has 5 heteroatoms. The Labute approximate surface area is 109 Å². The lowest BCUT2D eigenvalue weighted by Crippen LogP contribution is -2.07. The summed E-state index contributed by atoms with van der Waals surface area (Å²) in [4.78, 5) is 4.08. The molecule has 0 fully saturated rings. The largest absolute Gasteiger partial charge is 0.496 e. The molecule has 0 atom stereocenters. The normalized spacial score (nSPS) is 10.5. The van der Waals surface area contributed by atoms with Gasteiger partial charge in [0.15, 0.2) is 0 Å². The van der Waals surface area contributed by atoms with Gasteiger partial charge in [-0.3, -0.25) is 0 Å². The number of aryl methyl sites for hydroxylation is 1. The molecule has 0 saturated heterocycles. The molecule has 0 spiro atoms. The molecule has 2 N–H and O–H groups in total. The number of anilines is 1. The van der Waals surface area contributed by atoms with E-state index in [0.29, 0.717) is 12.5 Å². The second-order valence-electron chi connectivity index (χ2n) is 3.80. The number of rotatable bonds is 3. The summed E-state index contributed by atoms with van der Waals surface area (Å²) in [6, 6.07) is 5.91. The molecule has 2 aromatic rings. The third-order valence-electron chi connectivity index (χ3n) is 2.66. The molecule has 0 bridgehead atoms. The number of hydrogen-bond acceptors (Lipinski definition) is 3. The van der Waals surface area contributed by atoms with Crippen LogP contribution in [0.25, 0.3) is 0 Å². The summed E-state index contributed by atoms with van der Waals surface area (Å²) in [5.41, 5.74) is 7.91. The predicted octanol–water partition coefficient (Wildman–Crippen LogP) is 2.59. The Balaban J connectivity index is 2.38. The highest BCUT2D eigenvalue weighted by atomic mass is 79.9. The molecule has 17 heavy (non-hydrogen) atoms. The van der Waals surface area contributed by atoms with E-state index >= 15 is 0 Å². The highest BCUT2D eigenvalue weighted by Gasteiger charge is 2.08.